The van der Waals surface area contributed by atoms with E-state index in [9.17, 15) is 0 Å². The number of rotatable bonds is 5. The van der Waals surface area contributed by atoms with Gasteiger partial charge in [-0.3, -0.25) is 0 Å². The van der Waals surface area contributed by atoms with Crippen LogP contribution in [-0.2, 0) is 0 Å². The predicted octanol–water partition coefficient (Wildman–Crippen LogP) is 5.63. The van der Waals surface area contributed by atoms with E-state index < -0.39 is 0 Å². The minimum absolute atomic E-state index is 0.543. The molecule has 2 atom stereocenters. The Balaban J connectivity index is 1.86. The molecular formula is C24H25NO2. The van der Waals surface area contributed by atoms with Crippen LogP contribution in [0.5, 0.6) is 11.5 Å². The Morgan fingerprint density at radius 1 is 0.630 bits per heavy atom. The molecule has 1 aliphatic heterocycles. The second kappa shape index (κ2) is 6.99. The van der Waals surface area contributed by atoms with Crippen LogP contribution >= 0.6 is 0 Å². The summed E-state index contributed by atoms with van der Waals surface area (Å²) in [5.74, 6) is 1.75. The quantitative estimate of drug-likeness (QED) is 0.551. The Morgan fingerprint density at radius 2 is 1.04 bits per heavy atom. The van der Waals surface area contributed by atoms with Gasteiger partial charge in [0.2, 0.25) is 0 Å². The highest BCUT2D eigenvalue weighted by Crippen LogP contribution is 2.47. The van der Waals surface area contributed by atoms with Gasteiger partial charge in [0.15, 0.2) is 0 Å². The van der Waals surface area contributed by atoms with Crippen molar-refractivity contribution in [2.24, 2.45) is 0 Å². The minimum atomic E-state index is 0.543. The van der Waals surface area contributed by atoms with Crippen molar-refractivity contribution in [2.75, 3.05) is 19.1 Å². The molecule has 3 heteroatoms. The zero-order valence-corrected chi connectivity index (χ0v) is 16.3. The molecule has 0 N–H and O–H groups in total. The van der Waals surface area contributed by atoms with E-state index in [2.05, 4.69) is 61.2 Å². The summed E-state index contributed by atoms with van der Waals surface area (Å²) in [6.07, 6.45) is 0. The highest BCUT2D eigenvalue weighted by atomic mass is 16.5. The number of benzene rings is 3. The van der Waals surface area contributed by atoms with Crippen molar-refractivity contribution >= 4 is 5.69 Å². The maximum absolute atomic E-state index is 5.32. The van der Waals surface area contributed by atoms with Crippen LogP contribution in [0.15, 0.2) is 66.7 Å². The first-order valence-electron chi connectivity index (χ1n) is 9.34. The maximum Gasteiger partial charge on any atom is 0.118 e. The predicted molar refractivity (Wildman–Crippen MR) is 112 cm³/mol. The van der Waals surface area contributed by atoms with Gasteiger partial charge in [-0.15, -0.1) is 0 Å². The van der Waals surface area contributed by atoms with Gasteiger partial charge in [0, 0.05) is 23.2 Å². The molecule has 1 fully saturated rings. The molecule has 0 aromatic heterocycles. The molecule has 0 radical (unpaired) electrons. The SMILES string of the molecule is COc1ccc(-c2cccc(-c3ccc(OC)cc3)c2N2C(C)C2C)cc1. The van der Waals surface area contributed by atoms with Crippen LogP contribution in [0.3, 0.4) is 0 Å². The van der Waals surface area contributed by atoms with Crippen molar-refractivity contribution in [3.63, 3.8) is 0 Å². The second-order valence-electron chi connectivity index (χ2n) is 7.05. The van der Waals surface area contributed by atoms with Crippen molar-refractivity contribution in [2.45, 2.75) is 25.9 Å². The average molecular weight is 359 g/mol. The molecule has 1 heterocycles. The average Bonchev–Trinajstić information content (AvgIpc) is 3.32. The van der Waals surface area contributed by atoms with Crippen LogP contribution in [0, 0.1) is 0 Å². The third kappa shape index (κ3) is 3.14. The Hall–Kier alpha value is -2.94. The Morgan fingerprint density at radius 3 is 1.37 bits per heavy atom. The topological polar surface area (TPSA) is 21.5 Å². The molecule has 3 aromatic carbocycles. The number of para-hydroxylation sites is 1. The Labute approximate surface area is 161 Å². The monoisotopic (exact) mass is 359 g/mol. The van der Waals surface area contributed by atoms with Gasteiger partial charge in [0.1, 0.15) is 11.5 Å². The molecular weight excluding hydrogens is 334 g/mol. The first-order chi connectivity index (χ1) is 13.1. The zero-order chi connectivity index (χ0) is 19.0. The summed E-state index contributed by atoms with van der Waals surface area (Å²) >= 11 is 0. The first kappa shape index (κ1) is 17.5. The van der Waals surface area contributed by atoms with Gasteiger partial charge in [-0.1, -0.05) is 42.5 Å². The minimum Gasteiger partial charge on any atom is -0.497 e. The van der Waals surface area contributed by atoms with E-state index in [-0.39, 0.29) is 0 Å². The zero-order valence-electron chi connectivity index (χ0n) is 16.3. The number of ether oxygens (including phenoxy) is 2. The van der Waals surface area contributed by atoms with Gasteiger partial charge < -0.3 is 14.4 Å². The molecule has 0 aliphatic carbocycles. The lowest BCUT2D eigenvalue weighted by molar-refractivity contribution is 0.415. The van der Waals surface area contributed by atoms with Gasteiger partial charge >= 0.3 is 0 Å². The van der Waals surface area contributed by atoms with Gasteiger partial charge in [-0.2, -0.15) is 0 Å². The van der Waals surface area contributed by atoms with Crippen molar-refractivity contribution in [1.82, 2.24) is 0 Å². The standard InChI is InChI=1S/C24H25NO2/c1-16-17(2)25(16)24-22(18-8-12-20(26-3)13-9-18)6-5-7-23(24)19-10-14-21(27-4)15-11-19/h5-17H,1-4H3. The third-order valence-corrected chi connectivity index (χ3v) is 5.58. The van der Waals surface area contributed by atoms with E-state index in [4.69, 9.17) is 9.47 Å². The fourth-order valence-electron chi connectivity index (χ4n) is 3.74. The van der Waals surface area contributed by atoms with E-state index >= 15 is 0 Å². The van der Waals surface area contributed by atoms with Gasteiger partial charge in [0.25, 0.3) is 0 Å². The maximum atomic E-state index is 5.32. The Kier molecular flexibility index (Phi) is 4.53. The number of anilines is 1. The number of hydrogen-bond donors (Lipinski definition) is 0. The van der Waals surface area contributed by atoms with E-state index in [0.29, 0.717) is 12.1 Å². The van der Waals surface area contributed by atoms with Gasteiger partial charge in [0.05, 0.1) is 19.9 Å². The molecule has 138 valence electrons. The molecule has 0 saturated carbocycles. The number of hydrogen-bond acceptors (Lipinski definition) is 3. The number of methoxy groups -OCH3 is 2. The summed E-state index contributed by atoms with van der Waals surface area (Å²) in [5, 5.41) is 0. The molecule has 0 spiro atoms. The molecule has 4 rings (SSSR count). The molecule has 3 nitrogen and oxygen atoms in total. The smallest absolute Gasteiger partial charge is 0.118 e. The second-order valence-corrected chi connectivity index (χ2v) is 7.05. The molecule has 1 saturated heterocycles. The summed E-state index contributed by atoms with van der Waals surface area (Å²) in [6, 6.07) is 24.3. The van der Waals surface area contributed by atoms with Crippen molar-refractivity contribution in [1.29, 1.82) is 0 Å². The molecule has 27 heavy (non-hydrogen) atoms. The number of nitrogens with zero attached hydrogens (tertiary/aromatic N) is 1. The largest absolute Gasteiger partial charge is 0.497 e. The van der Waals surface area contributed by atoms with E-state index in [1.165, 1.54) is 27.9 Å². The molecule has 1 aliphatic rings. The third-order valence-electron chi connectivity index (χ3n) is 5.58. The molecule has 0 bridgehead atoms. The van der Waals surface area contributed by atoms with Gasteiger partial charge in [-0.05, 0) is 49.2 Å². The van der Waals surface area contributed by atoms with Crippen LogP contribution in [0.1, 0.15) is 13.8 Å². The first-order valence-corrected chi connectivity index (χ1v) is 9.34. The molecule has 2 unspecified atom stereocenters. The van der Waals surface area contributed by atoms with Crippen LogP contribution in [0.25, 0.3) is 22.3 Å². The molecule has 3 aromatic rings. The van der Waals surface area contributed by atoms with Crippen molar-refractivity contribution in [3.8, 4) is 33.8 Å². The fourth-order valence-corrected chi connectivity index (χ4v) is 3.74. The lowest BCUT2D eigenvalue weighted by atomic mass is 9.95. The van der Waals surface area contributed by atoms with Gasteiger partial charge in [-0.25, -0.2) is 0 Å². The van der Waals surface area contributed by atoms with Crippen LogP contribution in [-0.4, -0.2) is 26.3 Å². The highest BCUT2D eigenvalue weighted by Gasteiger charge is 2.42. The van der Waals surface area contributed by atoms with E-state index in [1.54, 1.807) is 14.2 Å². The van der Waals surface area contributed by atoms with Crippen LogP contribution < -0.4 is 14.4 Å². The Bertz CT molecular complexity index is 858. The highest BCUT2D eigenvalue weighted by molar-refractivity contribution is 5.93. The summed E-state index contributed by atoms with van der Waals surface area (Å²) < 4.78 is 10.6. The van der Waals surface area contributed by atoms with Crippen LogP contribution in [0.2, 0.25) is 0 Å². The summed E-state index contributed by atoms with van der Waals surface area (Å²) in [4.78, 5) is 2.50. The normalized spacial score (nSPS) is 18.3. The van der Waals surface area contributed by atoms with E-state index in [0.717, 1.165) is 11.5 Å². The van der Waals surface area contributed by atoms with E-state index in [1.807, 2.05) is 24.3 Å². The summed E-state index contributed by atoms with van der Waals surface area (Å²) in [7, 11) is 3.40. The summed E-state index contributed by atoms with van der Waals surface area (Å²) in [5.41, 5.74) is 6.21. The lowest BCUT2D eigenvalue weighted by Crippen LogP contribution is -2.02. The van der Waals surface area contributed by atoms with Crippen molar-refractivity contribution in [3.05, 3.63) is 66.7 Å². The van der Waals surface area contributed by atoms with Crippen molar-refractivity contribution < 1.29 is 9.47 Å². The molecule has 0 amide bonds. The fraction of sp³-hybridized carbons (Fsp3) is 0.250. The summed E-state index contributed by atoms with van der Waals surface area (Å²) in [6.45, 7) is 4.57. The van der Waals surface area contributed by atoms with Crippen LogP contribution in [0.4, 0.5) is 5.69 Å². The lowest BCUT2D eigenvalue weighted by Gasteiger charge is -2.18.